The summed E-state index contributed by atoms with van der Waals surface area (Å²) in [5.74, 6) is 0.506. The molecule has 0 spiro atoms. The largest absolute Gasteiger partial charge is 0.491 e. The van der Waals surface area contributed by atoms with Crippen molar-refractivity contribution in [3.8, 4) is 5.75 Å². The minimum absolute atomic E-state index is 0.0927. The van der Waals surface area contributed by atoms with Crippen molar-refractivity contribution in [3.05, 3.63) is 24.3 Å². The molecular weight excluding hydrogens is 260 g/mol. The predicted molar refractivity (Wildman–Crippen MR) is 76.5 cm³/mol. The Labute approximate surface area is 118 Å². The third-order valence-electron chi connectivity index (χ3n) is 2.18. The van der Waals surface area contributed by atoms with Gasteiger partial charge >= 0.3 is 6.09 Å². The number of ether oxygens (including phenoxy) is 2. The fourth-order valence-corrected chi connectivity index (χ4v) is 1.43. The Balaban J connectivity index is 2.89. The van der Waals surface area contributed by atoms with Gasteiger partial charge in [-0.25, -0.2) is 9.69 Å². The van der Waals surface area contributed by atoms with Crippen LogP contribution in [0.25, 0.3) is 0 Å². The van der Waals surface area contributed by atoms with E-state index in [2.05, 4.69) is 0 Å². The molecule has 2 N–H and O–H groups in total. The van der Waals surface area contributed by atoms with Crippen LogP contribution in [-0.4, -0.2) is 36.4 Å². The average molecular weight is 280 g/mol. The van der Waals surface area contributed by atoms with E-state index in [1.807, 2.05) is 0 Å². The Hall–Kier alpha value is -2.08. The fourth-order valence-electron chi connectivity index (χ4n) is 1.43. The molecule has 0 radical (unpaired) electrons. The first kappa shape index (κ1) is 16.0. The minimum Gasteiger partial charge on any atom is -0.491 e. The molecule has 0 aliphatic rings. The Kier molecular flexibility index (Phi) is 5.52. The number of rotatable bonds is 5. The molecule has 1 aromatic carbocycles. The van der Waals surface area contributed by atoms with Crippen LogP contribution in [-0.2, 0) is 4.74 Å². The smallest absolute Gasteiger partial charge is 0.420 e. The van der Waals surface area contributed by atoms with Crippen molar-refractivity contribution < 1.29 is 19.4 Å². The first-order valence-corrected chi connectivity index (χ1v) is 6.24. The van der Waals surface area contributed by atoms with E-state index in [9.17, 15) is 4.79 Å². The van der Waals surface area contributed by atoms with Crippen LogP contribution in [0.2, 0.25) is 0 Å². The molecule has 0 aliphatic carbocycles. The van der Waals surface area contributed by atoms with Gasteiger partial charge in [-0.3, -0.25) is 5.41 Å². The molecule has 0 aromatic heterocycles. The van der Waals surface area contributed by atoms with E-state index in [1.54, 1.807) is 45.0 Å². The summed E-state index contributed by atoms with van der Waals surface area (Å²) in [4.78, 5) is 13.1. The topological polar surface area (TPSA) is 82.9 Å². The van der Waals surface area contributed by atoms with Crippen LogP contribution < -0.4 is 9.64 Å². The number of benzene rings is 1. The molecular formula is C14H20N2O4. The van der Waals surface area contributed by atoms with Crippen molar-refractivity contribution in [3.63, 3.8) is 0 Å². The molecule has 20 heavy (non-hydrogen) atoms. The second kappa shape index (κ2) is 6.91. The van der Waals surface area contributed by atoms with Crippen molar-refractivity contribution >= 4 is 18.1 Å². The van der Waals surface area contributed by atoms with Gasteiger partial charge < -0.3 is 14.6 Å². The zero-order valence-corrected chi connectivity index (χ0v) is 11.9. The van der Waals surface area contributed by atoms with Crippen LogP contribution in [0.3, 0.4) is 0 Å². The number of carbonyl (C=O) groups excluding carboxylic acids is 1. The molecule has 110 valence electrons. The van der Waals surface area contributed by atoms with Gasteiger partial charge in [0.1, 0.15) is 18.0 Å². The Morgan fingerprint density at radius 2 is 2.15 bits per heavy atom. The Bertz CT molecular complexity index is 468. The zero-order chi connectivity index (χ0) is 15.2. The number of nitrogens with zero attached hydrogens (tertiary/aromatic N) is 1. The minimum atomic E-state index is -0.636. The van der Waals surface area contributed by atoms with Crippen LogP contribution >= 0.6 is 0 Å². The van der Waals surface area contributed by atoms with E-state index in [4.69, 9.17) is 20.0 Å². The van der Waals surface area contributed by atoms with Gasteiger partial charge in [0.25, 0.3) is 0 Å². The van der Waals surface area contributed by atoms with Gasteiger partial charge in [-0.2, -0.15) is 0 Å². The lowest BCUT2D eigenvalue weighted by atomic mass is 10.2. The highest BCUT2D eigenvalue weighted by Gasteiger charge is 2.22. The standard InChI is InChI=1S/C14H20N2O4/c1-14(2,3)20-13(18)16(10-15)11-5-4-6-12(9-11)19-8-7-17/h4-6,9-10,15,17H,7-8H2,1-3H3. The number of anilines is 1. The predicted octanol–water partition coefficient (Wildman–Crippen LogP) is 2.41. The molecule has 0 saturated heterocycles. The van der Waals surface area contributed by atoms with E-state index in [-0.39, 0.29) is 13.2 Å². The van der Waals surface area contributed by atoms with E-state index in [0.29, 0.717) is 11.4 Å². The quantitative estimate of drug-likeness (QED) is 0.641. The molecule has 1 amide bonds. The molecule has 1 rings (SSSR count). The molecule has 1 aromatic rings. The molecule has 0 heterocycles. The highest BCUT2D eigenvalue weighted by Crippen LogP contribution is 2.22. The van der Waals surface area contributed by atoms with E-state index in [1.165, 1.54) is 0 Å². The van der Waals surface area contributed by atoms with Gasteiger partial charge in [0.15, 0.2) is 0 Å². The van der Waals surface area contributed by atoms with Gasteiger partial charge in [0, 0.05) is 6.07 Å². The van der Waals surface area contributed by atoms with E-state index in [0.717, 1.165) is 11.2 Å². The summed E-state index contributed by atoms with van der Waals surface area (Å²) in [6.07, 6.45) is 0.256. The van der Waals surface area contributed by atoms with E-state index >= 15 is 0 Å². The van der Waals surface area contributed by atoms with Gasteiger partial charge in [-0.15, -0.1) is 0 Å². The maximum absolute atomic E-state index is 12.0. The number of aliphatic hydroxyl groups is 1. The first-order valence-electron chi connectivity index (χ1n) is 6.24. The summed E-state index contributed by atoms with van der Waals surface area (Å²) in [5.41, 5.74) is -0.173. The second-order valence-electron chi connectivity index (χ2n) is 5.05. The van der Waals surface area contributed by atoms with Crippen LogP contribution in [0.15, 0.2) is 24.3 Å². The fraction of sp³-hybridized carbons (Fsp3) is 0.429. The Morgan fingerprint density at radius 3 is 2.70 bits per heavy atom. The van der Waals surface area contributed by atoms with Crippen molar-refractivity contribution in [1.82, 2.24) is 0 Å². The Morgan fingerprint density at radius 1 is 1.45 bits per heavy atom. The molecule has 0 saturated carbocycles. The molecule has 0 fully saturated rings. The normalized spacial score (nSPS) is 10.8. The highest BCUT2D eigenvalue weighted by molar-refractivity contribution is 6.04. The first-order chi connectivity index (χ1) is 9.37. The van der Waals surface area contributed by atoms with Gasteiger partial charge in [-0.1, -0.05) is 6.07 Å². The zero-order valence-electron chi connectivity index (χ0n) is 11.9. The van der Waals surface area contributed by atoms with Crippen molar-refractivity contribution in [1.29, 1.82) is 5.41 Å². The molecule has 0 bridgehead atoms. The lowest BCUT2D eigenvalue weighted by Crippen LogP contribution is -2.35. The van der Waals surface area contributed by atoms with Crippen molar-refractivity contribution in [2.24, 2.45) is 0 Å². The molecule has 6 heteroatoms. The summed E-state index contributed by atoms with van der Waals surface area (Å²) < 4.78 is 10.5. The van der Waals surface area contributed by atoms with Crippen LogP contribution in [0, 0.1) is 5.41 Å². The number of nitrogens with one attached hydrogen (secondary N) is 1. The SMILES string of the molecule is CC(C)(C)OC(=O)N(C=N)c1cccc(OCCO)c1. The summed E-state index contributed by atoms with van der Waals surface area (Å²) in [6, 6.07) is 6.67. The highest BCUT2D eigenvalue weighted by atomic mass is 16.6. The second-order valence-corrected chi connectivity index (χ2v) is 5.05. The molecule has 6 nitrogen and oxygen atoms in total. The maximum Gasteiger partial charge on any atom is 0.420 e. The number of carbonyl (C=O) groups is 1. The summed E-state index contributed by atoms with van der Waals surface area (Å²) in [6.45, 7) is 5.35. The third-order valence-corrected chi connectivity index (χ3v) is 2.18. The molecule has 0 atom stereocenters. The van der Waals surface area contributed by atoms with Gasteiger partial charge in [-0.05, 0) is 32.9 Å². The average Bonchev–Trinajstić information content (AvgIpc) is 2.35. The van der Waals surface area contributed by atoms with Crippen molar-refractivity contribution in [2.45, 2.75) is 26.4 Å². The van der Waals surface area contributed by atoms with Crippen LogP contribution in [0.5, 0.6) is 5.75 Å². The lowest BCUT2D eigenvalue weighted by Gasteiger charge is -2.24. The van der Waals surface area contributed by atoms with E-state index < -0.39 is 11.7 Å². The molecule has 0 unspecified atom stereocenters. The van der Waals surface area contributed by atoms with Gasteiger partial charge in [0.05, 0.1) is 18.6 Å². The number of hydrogen-bond acceptors (Lipinski definition) is 5. The number of hydrogen-bond donors (Lipinski definition) is 2. The monoisotopic (exact) mass is 280 g/mol. The van der Waals surface area contributed by atoms with Gasteiger partial charge in [0.2, 0.25) is 0 Å². The number of aliphatic hydroxyl groups excluding tert-OH is 1. The molecule has 0 aliphatic heterocycles. The maximum atomic E-state index is 12.0. The third kappa shape index (κ3) is 4.89. The lowest BCUT2D eigenvalue weighted by molar-refractivity contribution is 0.0605. The van der Waals surface area contributed by atoms with Crippen LogP contribution in [0.1, 0.15) is 20.8 Å². The van der Waals surface area contributed by atoms with Crippen LogP contribution in [0.4, 0.5) is 10.5 Å². The summed E-state index contributed by atoms with van der Waals surface area (Å²) in [7, 11) is 0. The summed E-state index contributed by atoms with van der Waals surface area (Å²) >= 11 is 0. The summed E-state index contributed by atoms with van der Waals surface area (Å²) in [5, 5.41) is 16.1. The number of amides is 1. The van der Waals surface area contributed by atoms with Crippen molar-refractivity contribution in [2.75, 3.05) is 18.1 Å².